The van der Waals surface area contributed by atoms with Gasteiger partial charge in [0, 0.05) is 39.4 Å². The van der Waals surface area contributed by atoms with Crippen molar-refractivity contribution >= 4 is 39.0 Å². The van der Waals surface area contributed by atoms with Crippen molar-refractivity contribution in [1.82, 2.24) is 0 Å². The Bertz CT molecular complexity index is 715. The van der Waals surface area contributed by atoms with E-state index in [9.17, 15) is 14.7 Å². The Morgan fingerprint density at radius 2 is 2.11 bits per heavy atom. The third-order valence-electron chi connectivity index (χ3n) is 5.14. The van der Waals surface area contributed by atoms with Gasteiger partial charge in [-0.15, -0.1) is 11.3 Å². The quantitative estimate of drug-likeness (QED) is 0.326. The molecule has 2 atom stereocenters. The zero-order valence-electron chi connectivity index (χ0n) is 16.3. The number of aliphatic hydroxyl groups is 1. The van der Waals surface area contributed by atoms with E-state index >= 15 is 0 Å². The average Bonchev–Trinajstić information content (AvgIpc) is 3.16. The summed E-state index contributed by atoms with van der Waals surface area (Å²) in [6.07, 6.45) is 11.4. The third-order valence-corrected chi connectivity index (χ3v) is 7.33. The van der Waals surface area contributed by atoms with E-state index in [0.29, 0.717) is 19.3 Å². The molecule has 0 aliphatic heterocycles. The van der Waals surface area contributed by atoms with Crippen molar-refractivity contribution in [2.24, 2.45) is 5.92 Å². The average molecular weight is 469 g/mol. The number of aliphatic hydroxyl groups excluding tert-OH is 1. The van der Waals surface area contributed by atoms with E-state index in [0.717, 1.165) is 36.6 Å². The lowest BCUT2D eigenvalue weighted by Crippen LogP contribution is -2.13. The van der Waals surface area contributed by atoms with E-state index in [1.165, 1.54) is 15.3 Å². The van der Waals surface area contributed by atoms with E-state index < -0.39 is 5.97 Å². The molecule has 2 rings (SSSR count). The van der Waals surface area contributed by atoms with Crippen molar-refractivity contribution in [3.8, 4) is 0 Å². The van der Waals surface area contributed by atoms with Crippen molar-refractivity contribution in [3.63, 3.8) is 0 Å². The lowest BCUT2D eigenvalue weighted by molar-refractivity contribution is -0.137. The molecule has 2 N–H and O–H groups in total. The zero-order valence-corrected chi connectivity index (χ0v) is 18.7. The Morgan fingerprint density at radius 1 is 1.32 bits per heavy atom. The van der Waals surface area contributed by atoms with Crippen LogP contribution in [-0.2, 0) is 16.0 Å². The van der Waals surface area contributed by atoms with Crippen LogP contribution >= 0.6 is 27.3 Å². The predicted molar refractivity (Wildman–Crippen MR) is 117 cm³/mol. The van der Waals surface area contributed by atoms with E-state index in [2.05, 4.69) is 28.9 Å². The number of hydrogen-bond donors (Lipinski definition) is 2. The normalized spacial score (nSPS) is 21.0. The molecule has 0 bridgehead atoms. The smallest absolute Gasteiger partial charge is 0.303 e. The fraction of sp³-hybridized carbons (Fsp3) is 0.545. The number of aliphatic carboxylic acids is 1. The minimum absolute atomic E-state index is 0.0828. The molecule has 0 aromatic carbocycles. The van der Waals surface area contributed by atoms with Crippen LogP contribution in [0.15, 0.2) is 34.3 Å². The number of thiophene rings is 1. The highest BCUT2D eigenvalue weighted by Crippen LogP contribution is 2.34. The van der Waals surface area contributed by atoms with Gasteiger partial charge < -0.3 is 10.2 Å². The molecule has 1 saturated carbocycles. The van der Waals surface area contributed by atoms with Gasteiger partial charge in [-0.2, -0.15) is 0 Å². The first-order valence-electron chi connectivity index (χ1n) is 9.87. The fourth-order valence-electron chi connectivity index (χ4n) is 3.49. The van der Waals surface area contributed by atoms with Gasteiger partial charge in [0.15, 0.2) is 0 Å². The van der Waals surface area contributed by atoms with Crippen LogP contribution in [0.1, 0.15) is 61.1 Å². The minimum Gasteiger partial charge on any atom is -0.481 e. The molecule has 28 heavy (non-hydrogen) atoms. The molecule has 1 aliphatic rings. The molecule has 0 spiro atoms. The fourth-order valence-corrected chi connectivity index (χ4v) is 5.09. The summed E-state index contributed by atoms with van der Waals surface area (Å²) in [5.41, 5.74) is 1.19. The second kappa shape index (κ2) is 11.7. The summed E-state index contributed by atoms with van der Waals surface area (Å²) in [6.45, 7) is 2.07. The second-order valence-electron chi connectivity index (χ2n) is 7.34. The maximum absolute atomic E-state index is 12.3. The number of carboxylic acids is 1. The minimum atomic E-state index is -0.767. The molecule has 1 unspecified atom stereocenters. The zero-order chi connectivity index (χ0) is 20.5. The Morgan fingerprint density at radius 3 is 2.79 bits per heavy atom. The third kappa shape index (κ3) is 7.64. The summed E-state index contributed by atoms with van der Waals surface area (Å²) < 4.78 is 1.11. The van der Waals surface area contributed by atoms with Gasteiger partial charge in [-0.3, -0.25) is 9.59 Å². The lowest BCUT2D eigenvalue weighted by atomic mass is 9.95. The van der Waals surface area contributed by atoms with E-state index in [4.69, 9.17) is 5.11 Å². The number of allylic oxidation sites excluding steroid dienone is 3. The molecule has 1 aromatic heterocycles. The van der Waals surface area contributed by atoms with Crippen molar-refractivity contribution in [3.05, 3.63) is 44.1 Å². The molecule has 6 heteroatoms. The summed E-state index contributed by atoms with van der Waals surface area (Å²) in [5.74, 6) is -0.449. The van der Waals surface area contributed by atoms with Gasteiger partial charge in [0.25, 0.3) is 0 Å². The van der Waals surface area contributed by atoms with E-state index in [1.54, 1.807) is 11.3 Å². The Balaban J connectivity index is 1.77. The number of hydrogen-bond acceptors (Lipinski definition) is 4. The number of carboxylic acid groups (broad SMARTS) is 1. The summed E-state index contributed by atoms with van der Waals surface area (Å²) in [5, 5.41) is 18.9. The highest BCUT2D eigenvalue weighted by Gasteiger charge is 2.28. The summed E-state index contributed by atoms with van der Waals surface area (Å²) >= 11 is 5.24. The van der Waals surface area contributed by atoms with Crippen LogP contribution < -0.4 is 0 Å². The van der Waals surface area contributed by atoms with Gasteiger partial charge in [-0.25, -0.2) is 0 Å². The number of halogens is 1. The maximum Gasteiger partial charge on any atom is 0.303 e. The summed E-state index contributed by atoms with van der Waals surface area (Å²) in [6, 6.07) is 2.10. The Kier molecular flexibility index (Phi) is 9.62. The molecular weight excluding hydrogens is 440 g/mol. The molecule has 1 aromatic rings. The lowest BCUT2D eigenvalue weighted by Gasteiger charge is -2.14. The second-order valence-corrected chi connectivity index (χ2v) is 9.54. The molecular formula is C22H29BrO4S. The number of rotatable bonds is 11. The first-order valence-corrected chi connectivity index (χ1v) is 11.5. The van der Waals surface area contributed by atoms with E-state index in [1.807, 2.05) is 18.2 Å². The van der Waals surface area contributed by atoms with Crippen LogP contribution in [0.2, 0.25) is 0 Å². The monoisotopic (exact) mass is 468 g/mol. The number of Topliss-reactive ketones (excluding diaryl/α,β-unsaturated/α-hetero) is 1. The van der Waals surface area contributed by atoms with Gasteiger partial charge in [0.2, 0.25) is 0 Å². The molecule has 0 saturated heterocycles. The number of aryl methyl sites for hydroxylation is 2. The number of unbranched alkanes of at least 4 members (excludes halogenated alkanes) is 1. The van der Waals surface area contributed by atoms with Crippen molar-refractivity contribution in [2.45, 2.75) is 70.8 Å². The van der Waals surface area contributed by atoms with Crippen molar-refractivity contribution in [2.75, 3.05) is 0 Å². The van der Waals surface area contributed by atoms with Gasteiger partial charge in [0.05, 0.1) is 6.10 Å². The van der Waals surface area contributed by atoms with Crippen molar-refractivity contribution < 1.29 is 19.8 Å². The highest BCUT2D eigenvalue weighted by atomic mass is 79.9. The summed E-state index contributed by atoms with van der Waals surface area (Å²) in [7, 11) is 0. The van der Waals surface area contributed by atoms with Gasteiger partial charge >= 0.3 is 5.97 Å². The molecule has 154 valence electrons. The topological polar surface area (TPSA) is 74.6 Å². The largest absolute Gasteiger partial charge is 0.481 e. The van der Waals surface area contributed by atoms with Crippen LogP contribution in [0.25, 0.3) is 0 Å². The van der Waals surface area contributed by atoms with Gasteiger partial charge in [-0.05, 0) is 67.4 Å². The predicted octanol–water partition coefficient (Wildman–Crippen LogP) is 5.61. The van der Waals surface area contributed by atoms with Gasteiger partial charge in [0.1, 0.15) is 5.78 Å². The molecule has 4 nitrogen and oxygen atoms in total. The molecule has 1 fully saturated rings. The number of carbonyl (C=O) groups is 2. The standard InChI is InChI=1S/C22H29BrO4S/c1-15-20(23)14-18(28-15)12-11-17(24)10-8-16-9-13-21(25)19(16)6-4-2-3-5-7-22(26)27/h2,4,8,14,19,21,25H,3,5-7,9-13H2,1H3,(H,26,27)/t19-,21?/m1/s1. The van der Waals surface area contributed by atoms with Crippen molar-refractivity contribution in [1.29, 1.82) is 0 Å². The Labute approximate surface area is 179 Å². The summed E-state index contributed by atoms with van der Waals surface area (Å²) in [4.78, 5) is 25.2. The van der Waals surface area contributed by atoms with Crippen LogP contribution in [-0.4, -0.2) is 28.1 Å². The first kappa shape index (κ1) is 23.0. The van der Waals surface area contributed by atoms with Gasteiger partial charge in [-0.1, -0.05) is 23.8 Å². The number of ketones is 1. The molecule has 1 heterocycles. The molecule has 0 amide bonds. The van der Waals surface area contributed by atoms with Crippen LogP contribution in [0, 0.1) is 12.8 Å². The Hall–Kier alpha value is -1.24. The molecule has 1 aliphatic carbocycles. The first-order chi connectivity index (χ1) is 13.4. The highest BCUT2D eigenvalue weighted by molar-refractivity contribution is 9.10. The maximum atomic E-state index is 12.3. The number of carbonyl (C=O) groups excluding carboxylic acids is 1. The SMILES string of the molecule is Cc1sc(CCC(=O)CC=C2CCC(O)[C@@H]2CC=CCCCC(=O)O)cc1Br. The van der Waals surface area contributed by atoms with Crippen LogP contribution in [0.5, 0.6) is 0 Å². The molecule has 0 radical (unpaired) electrons. The van der Waals surface area contributed by atoms with E-state index in [-0.39, 0.29) is 24.2 Å². The van der Waals surface area contributed by atoms with Crippen LogP contribution in [0.3, 0.4) is 0 Å². The van der Waals surface area contributed by atoms with Crippen LogP contribution in [0.4, 0.5) is 0 Å².